The fraction of sp³-hybridized carbons (Fsp3) is 0.438. The van der Waals surface area contributed by atoms with Gasteiger partial charge in [0.25, 0.3) is 5.91 Å². The van der Waals surface area contributed by atoms with Crippen molar-refractivity contribution in [1.82, 2.24) is 15.2 Å². The summed E-state index contributed by atoms with van der Waals surface area (Å²) in [6, 6.07) is 4.06. The van der Waals surface area contributed by atoms with Gasteiger partial charge in [0.15, 0.2) is 5.13 Å². The average Bonchev–Trinajstić information content (AvgIpc) is 3.22. The van der Waals surface area contributed by atoms with Gasteiger partial charge in [-0.05, 0) is 25.3 Å². The van der Waals surface area contributed by atoms with E-state index in [9.17, 15) is 9.59 Å². The molecule has 1 aliphatic heterocycles. The molecule has 2 aromatic rings. The van der Waals surface area contributed by atoms with Gasteiger partial charge >= 0.3 is 0 Å². The molecule has 0 aromatic carbocycles. The average molecular weight is 364 g/mol. The monoisotopic (exact) mass is 364 g/mol. The molecule has 24 heavy (non-hydrogen) atoms. The summed E-state index contributed by atoms with van der Waals surface area (Å²) in [4.78, 5) is 31.5. The molecule has 2 aromatic heterocycles. The van der Waals surface area contributed by atoms with Crippen molar-refractivity contribution in [3.63, 3.8) is 0 Å². The molecule has 2 N–H and O–H groups in total. The molecular weight excluding hydrogens is 344 g/mol. The molecule has 0 saturated carbocycles. The van der Waals surface area contributed by atoms with Crippen LogP contribution in [-0.4, -0.2) is 46.9 Å². The second-order valence-electron chi connectivity index (χ2n) is 5.82. The Kier molecular flexibility index (Phi) is 5.27. The molecular formula is C16H20N4O2S2. The molecule has 128 valence electrons. The van der Waals surface area contributed by atoms with E-state index in [0.29, 0.717) is 21.7 Å². The lowest BCUT2D eigenvalue weighted by Crippen LogP contribution is -2.57. The van der Waals surface area contributed by atoms with E-state index in [1.807, 2.05) is 21.7 Å². The fourth-order valence-electron chi connectivity index (χ4n) is 2.68. The van der Waals surface area contributed by atoms with E-state index in [1.165, 1.54) is 22.7 Å². The van der Waals surface area contributed by atoms with Crippen LogP contribution in [0, 0.1) is 0 Å². The zero-order valence-electron chi connectivity index (χ0n) is 13.6. The second kappa shape index (κ2) is 7.42. The van der Waals surface area contributed by atoms with Crippen molar-refractivity contribution >= 4 is 39.6 Å². The van der Waals surface area contributed by atoms with Gasteiger partial charge in [0.1, 0.15) is 0 Å². The summed E-state index contributed by atoms with van der Waals surface area (Å²) in [6.45, 7) is 5.68. The van der Waals surface area contributed by atoms with Crippen molar-refractivity contribution in [3.8, 4) is 0 Å². The van der Waals surface area contributed by atoms with Gasteiger partial charge in [-0.1, -0.05) is 6.07 Å². The maximum absolute atomic E-state index is 12.5. The molecule has 6 nitrogen and oxygen atoms in total. The highest BCUT2D eigenvalue weighted by Gasteiger charge is 2.28. The van der Waals surface area contributed by atoms with Gasteiger partial charge in [-0.15, -0.1) is 22.7 Å². The number of rotatable bonds is 4. The van der Waals surface area contributed by atoms with Crippen LogP contribution in [0.25, 0.3) is 0 Å². The molecule has 2 atom stereocenters. The number of nitrogens with zero attached hydrogens (tertiary/aromatic N) is 2. The Hall–Kier alpha value is -1.77. The molecule has 3 rings (SSSR count). The molecule has 3 heterocycles. The molecule has 2 unspecified atom stereocenters. The topological polar surface area (TPSA) is 74.3 Å². The maximum Gasteiger partial charge on any atom is 0.267 e. The van der Waals surface area contributed by atoms with Crippen molar-refractivity contribution in [1.29, 1.82) is 0 Å². The predicted octanol–water partition coefficient (Wildman–Crippen LogP) is 2.21. The molecule has 1 aliphatic rings. The highest BCUT2D eigenvalue weighted by Crippen LogP contribution is 2.19. The van der Waals surface area contributed by atoms with Crippen LogP contribution in [0.3, 0.4) is 0 Å². The van der Waals surface area contributed by atoms with E-state index < -0.39 is 0 Å². The van der Waals surface area contributed by atoms with Crippen molar-refractivity contribution in [3.05, 3.63) is 33.5 Å². The van der Waals surface area contributed by atoms with Crippen LogP contribution in [-0.2, 0) is 11.2 Å². The van der Waals surface area contributed by atoms with Gasteiger partial charge in [0, 0.05) is 30.6 Å². The van der Waals surface area contributed by atoms with Gasteiger partial charge in [0.05, 0.1) is 17.0 Å². The standard InChI is InChI=1S/C16H20N4O2S2/c1-10-11(2)20(6-5-17-10)14(21)8-12-9-24-16(18-12)19-15(22)13-4-3-7-23-13/h3-4,7,9-11,17H,5-6,8H2,1-2H3,(H,18,19,22). The van der Waals surface area contributed by atoms with Crippen molar-refractivity contribution in [2.75, 3.05) is 18.4 Å². The van der Waals surface area contributed by atoms with E-state index >= 15 is 0 Å². The number of hydrogen-bond acceptors (Lipinski definition) is 6. The third-order valence-corrected chi connectivity index (χ3v) is 5.88. The number of thiophene rings is 1. The van der Waals surface area contributed by atoms with Crippen LogP contribution in [0.4, 0.5) is 5.13 Å². The smallest absolute Gasteiger partial charge is 0.267 e. The molecule has 1 fully saturated rings. The van der Waals surface area contributed by atoms with Crippen molar-refractivity contribution in [2.24, 2.45) is 0 Å². The number of anilines is 1. The van der Waals surface area contributed by atoms with Gasteiger partial charge < -0.3 is 10.2 Å². The van der Waals surface area contributed by atoms with Gasteiger partial charge in [-0.2, -0.15) is 0 Å². The summed E-state index contributed by atoms with van der Waals surface area (Å²) >= 11 is 2.73. The minimum Gasteiger partial charge on any atom is -0.337 e. The van der Waals surface area contributed by atoms with E-state index in [1.54, 1.807) is 6.07 Å². The first-order valence-electron chi connectivity index (χ1n) is 7.86. The van der Waals surface area contributed by atoms with Crippen LogP contribution in [0.1, 0.15) is 29.2 Å². The van der Waals surface area contributed by atoms with Crippen LogP contribution >= 0.6 is 22.7 Å². The van der Waals surface area contributed by atoms with Crippen LogP contribution in [0.15, 0.2) is 22.9 Å². The third kappa shape index (κ3) is 3.82. The van der Waals surface area contributed by atoms with Crippen molar-refractivity contribution in [2.45, 2.75) is 32.4 Å². The van der Waals surface area contributed by atoms with E-state index in [2.05, 4.69) is 29.5 Å². The number of carbonyl (C=O) groups is 2. The SMILES string of the molecule is CC1NCCN(C(=O)Cc2csc(NC(=O)c3cccs3)n2)C1C. The number of carbonyl (C=O) groups excluding carboxylic acids is 2. The Morgan fingerprint density at radius 3 is 3.00 bits per heavy atom. The fourth-order valence-corrected chi connectivity index (χ4v) is 4.00. The zero-order chi connectivity index (χ0) is 17.1. The van der Waals surface area contributed by atoms with E-state index in [0.717, 1.165) is 13.1 Å². The molecule has 0 aliphatic carbocycles. The lowest BCUT2D eigenvalue weighted by Gasteiger charge is -2.38. The van der Waals surface area contributed by atoms with E-state index in [4.69, 9.17) is 0 Å². The Balaban J connectivity index is 1.59. The number of hydrogen-bond donors (Lipinski definition) is 2. The van der Waals surface area contributed by atoms with Crippen LogP contribution in [0.5, 0.6) is 0 Å². The summed E-state index contributed by atoms with van der Waals surface area (Å²) in [6.07, 6.45) is 0.266. The van der Waals surface area contributed by atoms with Gasteiger partial charge in [-0.25, -0.2) is 4.98 Å². The number of piperazine rings is 1. The number of thiazole rings is 1. The molecule has 0 radical (unpaired) electrons. The highest BCUT2D eigenvalue weighted by molar-refractivity contribution is 7.14. The summed E-state index contributed by atoms with van der Waals surface area (Å²) in [5.41, 5.74) is 0.699. The van der Waals surface area contributed by atoms with Crippen LogP contribution in [0.2, 0.25) is 0 Å². The first kappa shape index (κ1) is 17.1. The Morgan fingerprint density at radius 2 is 2.25 bits per heavy atom. The predicted molar refractivity (Wildman–Crippen MR) is 96.7 cm³/mol. The van der Waals surface area contributed by atoms with Gasteiger partial charge in [0.2, 0.25) is 5.91 Å². The second-order valence-corrected chi connectivity index (χ2v) is 7.63. The Morgan fingerprint density at radius 1 is 1.42 bits per heavy atom. The minimum atomic E-state index is -0.165. The van der Waals surface area contributed by atoms with Crippen molar-refractivity contribution < 1.29 is 9.59 Å². The van der Waals surface area contributed by atoms with Gasteiger partial charge in [-0.3, -0.25) is 14.9 Å². The largest absolute Gasteiger partial charge is 0.337 e. The Labute approximate surface area is 148 Å². The Bertz CT molecular complexity index is 713. The third-order valence-electron chi connectivity index (χ3n) is 4.20. The van der Waals surface area contributed by atoms with Crippen LogP contribution < -0.4 is 10.6 Å². The normalized spacial score (nSPS) is 20.8. The number of amides is 2. The zero-order valence-corrected chi connectivity index (χ0v) is 15.2. The summed E-state index contributed by atoms with van der Waals surface area (Å²) < 4.78 is 0. The lowest BCUT2D eigenvalue weighted by molar-refractivity contribution is -0.134. The number of aromatic nitrogens is 1. The highest BCUT2D eigenvalue weighted by atomic mass is 32.1. The summed E-state index contributed by atoms with van der Waals surface area (Å²) in [5.74, 6) is -0.0842. The molecule has 1 saturated heterocycles. The quantitative estimate of drug-likeness (QED) is 0.872. The molecule has 0 bridgehead atoms. The molecule has 2 amide bonds. The molecule has 0 spiro atoms. The van der Waals surface area contributed by atoms with E-state index in [-0.39, 0.29) is 24.3 Å². The summed E-state index contributed by atoms with van der Waals surface area (Å²) in [7, 11) is 0. The minimum absolute atomic E-state index is 0.0808. The lowest BCUT2D eigenvalue weighted by atomic mass is 10.1. The first-order valence-corrected chi connectivity index (χ1v) is 9.62. The molecule has 8 heteroatoms. The number of nitrogens with one attached hydrogen (secondary N) is 2. The summed E-state index contributed by atoms with van der Waals surface area (Å²) in [5, 5.41) is 10.4. The maximum atomic E-state index is 12.5. The first-order chi connectivity index (χ1) is 11.5.